The van der Waals surface area contributed by atoms with Crippen molar-refractivity contribution in [1.29, 1.82) is 0 Å². The van der Waals surface area contributed by atoms with Gasteiger partial charge in [-0.2, -0.15) is 0 Å². The Kier molecular flexibility index (Phi) is 15.8. The molecule has 0 spiro atoms. The molecule has 0 aromatic heterocycles. The zero-order chi connectivity index (χ0) is 14.0. The first kappa shape index (κ1) is 22.8. The van der Waals surface area contributed by atoms with Gasteiger partial charge in [0.1, 0.15) is 0 Å². The van der Waals surface area contributed by atoms with Crippen molar-refractivity contribution in [3.05, 3.63) is 0 Å². The van der Waals surface area contributed by atoms with Gasteiger partial charge in [-0.25, -0.2) is 8.42 Å². The second kappa shape index (κ2) is 13.2. The third-order valence-electron chi connectivity index (χ3n) is 3.22. The summed E-state index contributed by atoms with van der Waals surface area (Å²) in [6.07, 6.45) is 6.12. The van der Waals surface area contributed by atoms with Gasteiger partial charge in [0.05, 0.1) is 16.2 Å². The van der Waals surface area contributed by atoms with Crippen LogP contribution in [0.4, 0.5) is 0 Å². The fraction of sp³-hybridized carbons (Fsp3) is 1.00. The van der Waals surface area contributed by atoms with Crippen molar-refractivity contribution in [1.82, 2.24) is 0 Å². The van der Waals surface area contributed by atoms with Crippen LogP contribution in [0.1, 0.15) is 71.6 Å². The summed E-state index contributed by atoms with van der Waals surface area (Å²) in [4.78, 5) is 0. The molecule has 0 aromatic carbocycles. The van der Waals surface area contributed by atoms with E-state index in [0.717, 1.165) is 32.1 Å². The molecule has 1 N–H and O–H groups in total. The van der Waals surface area contributed by atoms with Gasteiger partial charge in [0, 0.05) is 5.25 Å². The second-order valence-corrected chi connectivity index (χ2v) is 6.64. The van der Waals surface area contributed by atoms with Crippen molar-refractivity contribution in [3.8, 4) is 0 Å². The predicted octanol–water partition coefficient (Wildman–Crippen LogP) is -0.184. The topological polar surface area (TPSA) is 77.4 Å². The molecule has 6 heteroatoms. The van der Waals surface area contributed by atoms with E-state index < -0.39 is 15.4 Å². The van der Waals surface area contributed by atoms with Crippen LogP contribution in [0.5, 0.6) is 0 Å². The Balaban J connectivity index is 0. The normalized spacial score (nSPS) is 14.7. The molecule has 4 nitrogen and oxygen atoms in total. The Morgan fingerprint density at radius 3 is 2.00 bits per heavy atom. The van der Waals surface area contributed by atoms with E-state index in [4.69, 9.17) is 0 Å². The molecule has 0 aliphatic carbocycles. The standard InChI is InChI=1S/C13H28O4S.K/c1-3-5-6-10-13(18(15,16)17)11-7-9-12(14)8-4-2;/h12-14H,3-11H2,1-2H3,(H,15,16,17);/q;+1/p-1. The SMILES string of the molecule is CCCCCC(CCCC(O)CCC)S(=O)(=O)[O-].[K+]. The smallest absolute Gasteiger partial charge is 0.748 e. The summed E-state index contributed by atoms with van der Waals surface area (Å²) in [6.45, 7) is 4.04. The van der Waals surface area contributed by atoms with Gasteiger partial charge in [-0.3, -0.25) is 0 Å². The van der Waals surface area contributed by atoms with Crippen molar-refractivity contribution < 1.29 is 69.5 Å². The molecule has 110 valence electrons. The zero-order valence-electron chi connectivity index (χ0n) is 12.6. The summed E-state index contributed by atoms with van der Waals surface area (Å²) in [5.41, 5.74) is 0. The zero-order valence-corrected chi connectivity index (χ0v) is 16.5. The average Bonchev–Trinajstić information content (AvgIpc) is 2.26. The second-order valence-electron chi connectivity index (χ2n) is 4.98. The molecule has 19 heavy (non-hydrogen) atoms. The molecule has 0 aromatic rings. The van der Waals surface area contributed by atoms with Crippen LogP contribution in [0.25, 0.3) is 0 Å². The van der Waals surface area contributed by atoms with Crippen LogP contribution in [0.2, 0.25) is 0 Å². The quantitative estimate of drug-likeness (QED) is 0.326. The van der Waals surface area contributed by atoms with E-state index in [0.29, 0.717) is 25.7 Å². The number of aliphatic hydroxyl groups excluding tert-OH is 1. The minimum Gasteiger partial charge on any atom is -0.748 e. The summed E-state index contributed by atoms with van der Waals surface area (Å²) in [5, 5.41) is 8.79. The maximum absolute atomic E-state index is 11.1. The van der Waals surface area contributed by atoms with Crippen LogP contribution >= 0.6 is 0 Å². The van der Waals surface area contributed by atoms with Crippen LogP contribution in [0.15, 0.2) is 0 Å². The molecule has 0 saturated heterocycles. The molecule has 0 bridgehead atoms. The van der Waals surface area contributed by atoms with Gasteiger partial charge in [0.2, 0.25) is 0 Å². The first-order valence-electron chi connectivity index (χ1n) is 7.04. The predicted molar refractivity (Wildman–Crippen MR) is 72.4 cm³/mol. The molecule has 2 atom stereocenters. The van der Waals surface area contributed by atoms with Gasteiger partial charge in [-0.05, 0) is 32.1 Å². The van der Waals surface area contributed by atoms with Gasteiger partial charge in [0.25, 0.3) is 0 Å². The maximum atomic E-state index is 11.1. The largest absolute Gasteiger partial charge is 1.00 e. The fourth-order valence-electron chi connectivity index (χ4n) is 2.11. The monoisotopic (exact) mass is 318 g/mol. The van der Waals surface area contributed by atoms with Crippen molar-refractivity contribution in [2.45, 2.75) is 83.0 Å². The van der Waals surface area contributed by atoms with Gasteiger partial charge in [-0.15, -0.1) is 0 Å². The van der Waals surface area contributed by atoms with Crippen LogP contribution in [-0.4, -0.2) is 29.4 Å². The van der Waals surface area contributed by atoms with Crippen LogP contribution in [-0.2, 0) is 10.1 Å². The molecular weight excluding hydrogens is 291 g/mol. The first-order chi connectivity index (χ1) is 8.41. The van der Waals surface area contributed by atoms with Crippen LogP contribution in [0.3, 0.4) is 0 Å². The molecule has 0 amide bonds. The summed E-state index contributed by atoms with van der Waals surface area (Å²) >= 11 is 0. The van der Waals surface area contributed by atoms with E-state index in [1.165, 1.54) is 0 Å². The molecule has 0 saturated carbocycles. The maximum Gasteiger partial charge on any atom is 1.00 e. The van der Waals surface area contributed by atoms with Crippen LogP contribution < -0.4 is 51.4 Å². The van der Waals surface area contributed by atoms with E-state index in [2.05, 4.69) is 0 Å². The minimum atomic E-state index is -4.19. The molecule has 0 aliphatic rings. The molecule has 0 fully saturated rings. The average molecular weight is 319 g/mol. The van der Waals surface area contributed by atoms with E-state index in [-0.39, 0.29) is 57.5 Å². The third-order valence-corrected chi connectivity index (χ3v) is 4.51. The number of unbranched alkanes of at least 4 members (excludes halogenated alkanes) is 2. The Hall–Kier alpha value is 1.51. The summed E-state index contributed by atoms with van der Waals surface area (Å²) < 4.78 is 33.3. The molecular formula is C13H27KO4S. The van der Waals surface area contributed by atoms with Gasteiger partial charge in [0.15, 0.2) is 0 Å². The third kappa shape index (κ3) is 12.9. The number of hydrogen-bond acceptors (Lipinski definition) is 4. The Morgan fingerprint density at radius 2 is 1.53 bits per heavy atom. The van der Waals surface area contributed by atoms with Gasteiger partial charge >= 0.3 is 51.4 Å². The summed E-state index contributed by atoms with van der Waals surface area (Å²) in [5.74, 6) is 0. The number of rotatable bonds is 11. The minimum absolute atomic E-state index is 0. The van der Waals surface area contributed by atoms with Crippen molar-refractivity contribution in [2.75, 3.05) is 0 Å². The van der Waals surface area contributed by atoms with Crippen molar-refractivity contribution in [3.63, 3.8) is 0 Å². The van der Waals surface area contributed by atoms with Crippen LogP contribution in [0, 0.1) is 0 Å². The van der Waals surface area contributed by atoms with Gasteiger partial charge in [-0.1, -0.05) is 39.5 Å². The van der Waals surface area contributed by atoms with Gasteiger partial charge < -0.3 is 9.66 Å². The van der Waals surface area contributed by atoms with E-state index in [9.17, 15) is 18.1 Å². The molecule has 0 heterocycles. The fourth-order valence-corrected chi connectivity index (χ4v) is 3.02. The van der Waals surface area contributed by atoms with E-state index in [1.54, 1.807) is 0 Å². The Bertz CT molecular complexity index is 293. The van der Waals surface area contributed by atoms with E-state index >= 15 is 0 Å². The number of aliphatic hydroxyl groups is 1. The molecule has 2 unspecified atom stereocenters. The molecule has 0 aliphatic heterocycles. The van der Waals surface area contributed by atoms with Crippen molar-refractivity contribution in [2.24, 2.45) is 0 Å². The Labute approximate surface area is 160 Å². The van der Waals surface area contributed by atoms with Crippen molar-refractivity contribution >= 4 is 10.1 Å². The summed E-state index contributed by atoms with van der Waals surface area (Å²) in [7, 11) is -4.19. The Morgan fingerprint density at radius 1 is 0.947 bits per heavy atom. The molecule has 0 radical (unpaired) electrons. The summed E-state index contributed by atoms with van der Waals surface area (Å²) in [6, 6.07) is 0. The first-order valence-corrected chi connectivity index (χ1v) is 8.51. The molecule has 0 rings (SSSR count). The van der Waals surface area contributed by atoms with E-state index in [1.807, 2.05) is 13.8 Å². The number of hydrogen-bond donors (Lipinski definition) is 1.